The molecule has 0 unspecified atom stereocenters. The van der Waals surface area contributed by atoms with E-state index in [1.54, 1.807) is 6.26 Å². The fourth-order valence-electron chi connectivity index (χ4n) is 0.789. The summed E-state index contributed by atoms with van der Waals surface area (Å²) in [5.74, 6) is 0.905. The molecule has 1 heterocycles. The Hall–Kier alpha value is -1.02. The molecule has 1 aromatic rings. The Labute approximate surface area is 66.9 Å². The first-order chi connectivity index (χ1) is 5.43. The van der Waals surface area contributed by atoms with Crippen molar-refractivity contribution in [3.63, 3.8) is 0 Å². The zero-order chi connectivity index (χ0) is 7.94. The molecule has 0 amide bonds. The fraction of sp³-hybridized carbons (Fsp3) is 0.333. The van der Waals surface area contributed by atoms with Crippen molar-refractivity contribution in [2.24, 2.45) is 0 Å². The van der Waals surface area contributed by atoms with Crippen LogP contribution in [0.3, 0.4) is 0 Å². The summed E-state index contributed by atoms with van der Waals surface area (Å²) in [5.41, 5.74) is 0. The van der Waals surface area contributed by atoms with E-state index in [4.69, 9.17) is 4.42 Å². The second-order valence-electron chi connectivity index (χ2n) is 2.23. The van der Waals surface area contributed by atoms with Gasteiger partial charge >= 0.3 is 0 Å². The van der Waals surface area contributed by atoms with Crippen molar-refractivity contribution in [3.8, 4) is 0 Å². The maximum atomic E-state index is 5.10. The Morgan fingerprint density at radius 2 is 2.55 bits per heavy atom. The van der Waals surface area contributed by atoms with Gasteiger partial charge in [0.2, 0.25) is 0 Å². The standard InChI is InChI=1S/C9H13NO/c1-2-10-7-3-5-9-6-4-8-11-9/h3-6,8,10H,2,7H2,1H3. The van der Waals surface area contributed by atoms with Gasteiger partial charge in [0.1, 0.15) is 5.76 Å². The molecule has 0 saturated heterocycles. The average Bonchev–Trinajstić information content (AvgIpc) is 2.50. The Bertz CT molecular complexity index is 201. The van der Waals surface area contributed by atoms with Crippen LogP contribution in [0.15, 0.2) is 28.9 Å². The summed E-state index contributed by atoms with van der Waals surface area (Å²) in [6, 6.07) is 3.81. The highest BCUT2D eigenvalue weighted by atomic mass is 16.3. The van der Waals surface area contributed by atoms with Gasteiger partial charge in [-0.05, 0) is 24.8 Å². The van der Waals surface area contributed by atoms with Crippen molar-refractivity contribution in [1.82, 2.24) is 5.32 Å². The average molecular weight is 151 g/mol. The van der Waals surface area contributed by atoms with Crippen LogP contribution in [0.25, 0.3) is 6.08 Å². The van der Waals surface area contributed by atoms with Crippen LogP contribution in [0.1, 0.15) is 12.7 Å². The predicted octanol–water partition coefficient (Wildman–Crippen LogP) is 1.90. The summed E-state index contributed by atoms with van der Waals surface area (Å²) in [7, 11) is 0. The third kappa shape index (κ3) is 3.05. The van der Waals surface area contributed by atoms with Gasteiger partial charge in [0.15, 0.2) is 0 Å². The molecular weight excluding hydrogens is 138 g/mol. The zero-order valence-electron chi connectivity index (χ0n) is 6.71. The Balaban J connectivity index is 2.25. The Morgan fingerprint density at radius 1 is 1.64 bits per heavy atom. The van der Waals surface area contributed by atoms with Crippen LogP contribution >= 0.6 is 0 Å². The van der Waals surface area contributed by atoms with E-state index >= 15 is 0 Å². The van der Waals surface area contributed by atoms with Gasteiger partial charge in [0, 0.05) is 6.54 Å². The molecule has 1 rings (SSSR count). The molecule has 0 aliphatic heterocycles. The summed E-state index contributed by atoms with van der Waals surface area (Å²) < 4.78 is 5.10. The number of hydrogen-bond acceptors (Lipinski definition) is 2. The van der Waals surface area contributed by atoms with Crippen LogP contribution < -0.4 is 5.32 Å². The van der Waals surface area contributed by atoms with Gasteiger partial charge in [-0.3, -0.25) is 0 Å². The molecule has 0 fully saturated rings. The van der Waals surface area contributed by atoms with Crippen LogP contribution in [0.2, 0.25) is 0 Å². The van der Waals surface area contributed by atoms with Crippen LogP contribution in [0.5, 0.6) is 0 Å². The predicted molar refractivity (Wildman–Crippen MR) is 46.3 cm³/mol. The summed E-state index contributed by atoms with van der Waals surface area (Å²) in [5, 5.41) is 3.18. The molecule has 1 aromatic heterocycles. The Kier molecular flexibility index (Phi) is 3.48. The van der Waals surface area contributed by atoms with Crippen molar-refractivity contribution in [1.29, 1.82) is 0 Å². The van der Waals surface area contributed by atoms with E-state index in [1.807, 2.05) is 24.3 Å². The molecule has 60 valence electrons. The van der Waals surface area contributed by atoms with E-state index in [-0.39, 0.29) is 0 Å². The molecule has 0 aromatic carbocycles. The first kappa shape index (κ1) is 8.08. The minimum atomic E-state index is 0.900. The van der Waals surface area contributed by atoms with Crippen LogP contribution in [0, 0.1) is 0 Å². The molecule has 2 heteroatoms. The molecule has 0 saturated carbocycles. The lowest BCUT2D eigenvalue weighted by Gasteiger charge is -1.91. The maximum Gasteiger partial charge on any atom is 0.126 e. The van der Waals surface area contributed by atoms with Gasteiger partial charge in [-0.1, -0.05) is 13.0 Å². The molecule has 0 aliphatic rings. The SMILES string of the molecule is CCNCC=Cc1ccco1. The summed E-state index contributed by atoms with van der Waals surface area (Å²) >= 11 is 0. The molecular formula is C9H13NO. The van der Waals surface area contributed by atoms with E-state index in [9.17, 15) is 0 Å². The van der Waals surface area contributed by atoms with Crippen LogP contribution in [-0.2, 0) is 0 Å². The number of nitrogens with one attached hydrogen (secondary N) is 1. The maximum absolute atomic E-state index is 5.10. The first-order valence-corrected chi connectivity index (χ1v) is 3.84. The van der Waals surface area contributed by atoms with Gasteiger partial charge in [-0.25, -0.2) is 0 Å². The Morgan fingerprint density at radius 3 is 3.18 bits per heavy atom. The second-order valence-corrected chi connectivity index (χ2v) is 2.23. The monoisotopic (exact) mass is 151 g/mol. The van der Waals surface area contributed by atoms with Crippen molar-refractivity contribution >= 4 is 6.08 Å². The molecule has 0 bridgehead atoms. The number of hydrogen-bond donors (Lipinski definition) is 1. The van der Waals surface area contributed by atoms with Gasteiger partial charge in [-0.2, -0.15) is 0 Å². The topological polar surface area (TPSA) is 25.2 Å². The minimum Gasteiger partial charge on any atom is -0.465 e. The summed E-state index contributed by atoms with van der Waals surface area (Å²) in [4.78, 5) is 0. The molecule has 0 spiro atoms. The largest absolute Gasteiger partial charge is 0.465 e. The van der Waals surface area contributed by atoms with Crippen molar-refractivity contribution < 1.29 is 4.42 Å². The van der Waals surface area contributed by atoms with Crippen molar-refractivity contribution in [2.75, 3.05) is 13.1 Å². The number of rotatable bonds is 4. The lowest BCUT2D eigenvalue weighted by Crippen LogP contribution is -2.11. The highest BCUT2D eigenvalue weighted by Crippen LogP contribution is 2.00. The second kappa shape index (κ2) is 4.74. The van der Waals surface area contributed by atoms with Gasteiger partial charge < -0.3 is 9.73 Å². The number of furan rings is 1. The molecule has 2 nitrogen and oxygen atoms in total. The van der Waals surface area contributed by atoms with Crippen molar-refractivity contribution in [3.05, 3.63) is 30.2 Å². The van der Waals surface area contributed by atoms with Gasteiger partial charge in [-0.15, -0.1) is 0 Å². The zero-order valence-corrected chi connectivity index (χ0v) is 6.71. The minimum absolute atomic E-state index is 0.900. The quantitative estimate of drug-likeness (QED) is 0.665. The number of likely N-dealkylation sites (N-methyl/N-ethyl adjacent to an activating group) is 1. The van der Waals surface area contributed by atoms with E-state index in [1.165, 1.54) is 0 Å². The lowest BCUT2D eigenvalue weighted by atomic mass is 10.4. The highest BCUT2D eigenvalue weighted by molar-refractivity contribution is 5.42. The van der Waals surface area contributed by atoms with E-state index < -0.39 is 0 Å². The van der Waals surface area contributed by atoms with E-state index in [2.05, 4.69) is 12.2 Å². The fourth-order valence-corrected chi connectivity index (χ4v) is 0.789. The normalized spacial score (nSPS) is 11.0. The third-order valence-electron chi connectivity index (χ3n) is 1.34. The molecule has 11 heavy (non-hydrogen) atoms. The van der Waals surface area contributed by atoms with Gasteiger partial charge in [0.05, 0.1) is 6.26 Å². The molecule has 0 aliphatic carbocycles. The van der Waals surface area contributed by atoms with Crippen LogP contribution in [-0.4, -0.2) is 13.1 Å². The van der Waals surface area contributed by atoms with E-state index in [0.717, 1.165) is 18.8 Å². The molecule has 1 N–H and O–H groups in total. The van der Waals surface area contributed by atoms with Crippen LogP contribution in [0.4, 0.5) is 0 Å². The van der Waals surface area contributed by atoms with E-state index in [0.29, 0.717) is 0 Å². The summed E-state index contributed by atoms with van der Waals surface area (Å²) in [6.45, 7) is 3.99. The highest BCUT2D eigenvalue weighted by Gasteiger charge is 1.84. The smallest absolute Gasteiger partial charge is 0.126 e. The van der Waals surface area contributed by atoms with Gasteiger partial charge in [0.25, 0.3) is 0 Å². The first-order valence-electron chi connectivity index (χ1n) is 3.84. The summed E-state index contributed by atoms with van der Waals surface area (Å²) in [6.07, 6.45) is 5.68. The third-order valence-corrected chi connectivity index (χ3v) is 1.34. The molecule has 0 atom stereocenters. The van der Waals surface area contributed by atoms with Crippen molar-refractivity contribution in [2.45, 2.75) is 6.92 Å². The molecule has 0 radical (unpaired) electrons. The lowest BCUT2D eigenvalue weighted by molar-refractivity contribution is 0.557.